The van der Waals surface area contributed by atoms with Crippen molar-refractivity contribution in [2.24, 2.45) is 0 Å². The van der Waals surface area contributed by atoms with E-state index < -0.39 is 0 Å². The monoisotopic (exact) mass is 284 g/mol. The highest BCUT2D eigenvalue weighted by molar-refractivity contribution is 5.44. The van der Waals surface area contributed by atoms with Gasteiger partial charge in [0.05, 0.1) is 0 Å². The van der Waals surface area contributed by atoms with Crippen molar-refractivity contribution >= 4 is 11.8 Å². The van der Waals surface area contributed by atoms with Crippen LogP contribution in [0.4, 0.5) is 11.8 Å². The fourth-order valence-corrected chi connectivity index (χ4v) is 2.33. The zero-order chi connectivity index (χ0) is 15.1. The summed E-state index contributed by atoms with van der Waals surface area (Å²) in [5, 5.41) is 0. The largest absolute Gasteiger partial charge is 0.352 e. The molecule has 4 nitrogen and oxygen atoms in total. The first kappa shape index (κ1) is 15.3. The van der Waals surface area contributed by atoms with Crippen LogP contribution in [0.2, 0.25) is 0 Å². The van der Waals surface area contributed by atoms with Gasteiger partial charge in [-0.3, -0.25) is 0 Å². The van der Waals surface area contributed by atoms with Crippen molar-refractivity contribution in [3.63, 3.8) is 0 Å². The van der Waals surface area contributed by atoms with Crippen LogP contribution in [0.5, 0.6) is 0 Å². The van der Waals surface area contributed by atoms with Gasteiger partial charge in [-0.25, -0.2) is 4.98 Å². The lowest BCUT2D eigenvalue weighted by Crippen LogP contribution is -2.27. The molecule has 2 rings (SSSR count). The second-order valence-electron chi connectivity index (χ2n) is 4.89. The van der Waals surface area contributed by atoms with Gasteiger partial charge < -0.3 is 9.80 Å². The van der Waals surface area contributed by atoms with Gasteiger partial charge >= 0.3 is 0 Å². The molecule has 0 saturated carbocycles. The molecule has 1 heterocycles. The number of nitrogens with zero attached hydrogens (tertiary/aromatic N) is 4. The molecule has 0 fully saturated rings. The summed E-state index contributed by atoms with van der Waals surface area (Å²) in [6, 6.07) is 12.5. The van der Waals surface area contributed by atoms with E-state index in [0.29, 0.717) is 0 Å². The third-order valence-electron chi connectivity index (χ3n) is 3.60. The van der Waals surface area contributed by atoms with Crippen LogP contribution in [0.25, 0.3) is 0 Å². The summed E-state index contributed by atoms with van der Waals surface area (Å²) < 4.78 is 0. The molecule has 0 aliphatic carbocycles. The molecule has 1 aromatic carbocycles. The Hall–Kier alpha value is -2.10. The van der Waals surface area contributed by atoms with Crippen molar-refractivity contribution in [3.05, 3.63) is 48.2 Å². The Labute approximate surface area is 127 Å². The molecular weight excluding hydrogens is 260 g/mol. The predicted octanol–water partition coefficient (Wildman–Crippen LogP) is 3.35. The lowest BCUT2D eigenvalue weighted by atomic mass is 10.2. The third kappa shape index (κ3) is 3.94. The van der Waals surface area contributed by atoms with Crippen molar-refractivity contribution < 1.29 is 0 Å². The van der Waals surface area contributed by atoms with E-state index in [4.69, 9.17) is 4.98 Å². The van der Waals surface area contributed by atoms with Crippen LogP contribution in [-0.4, -0.2) is 29.6 Å². The molecule has 0 radical (unpaired) electrons. The minimum Gasteiger partial charge on any atom is -0.352 e. The number of aromatic nitrogens is 2. The Morgan fingerprint density at radius 3 is 2.14 bits per heavy atom. The first-order valence-corrected chi connectivity index (χ1v) is 7.65. The molecule has 0 amide bonds. The first-order chi connectivity index (χ1) is 10.3. The summed E-state index contributed by atoms with van der Waals surface area (Å²) in [7, 11) is 0. The van der Waals surface area contributed by atoms with E-state index in [2.05, 4.69) is 59.8 Å². The van der Waals surface area contributed by atoms with E-state index in [-0.39, 0.29) is 0 Å². The highest BCUT2D eigenvalue weighted by Crippen LogP contribution is 2.17. The van der Waals surface area contributed by atoms with E-state index in [1.807, 2.05) is 18.3 Å². The fourth-order valence-electron chi connectivity index (χ4n) is 2.33. The van der Waals surface area contributed by atoms with Crippen molar-refractivity contribution in [2.45, 2.75) is 27.3 Å². The minimum atomic E-state index is 0.809. The Balaban J connectivity index is 2.20. The van der Waals surface area contributed by atoms with Crippen molar-refractivity contribution in [1.29, 1.82) is 0 Å². The number of rotatable bonds is 7. The molecule has 0 bridgehead atoms. The number of hydrogen-bond acceptors (Lipinski definition) is 4. The van der Waals surface area contributed by atoms with Gasteiger partial charge in [0.15, 0.2) is 0 Å². The van der Waals surface area contributed by atoms with Crippen molar-refractivity contribution in [3.8, 4) is 0 Å². The van der Waals surface area contributed by atoms with E-state index in [1.165, 1.54) is 5.56 Å². The Kier molecular flexibility index (Phi) is 5.55. The zero-order valence-corrected chi connectivity index (χ0v) is 13.2. The molecule has 0 spiro atoms. The second kappa shape index (κ2) is 7.62. The highest BCUT2D eigenvalue weighted by atomic mass is 15.3. The van der Waals surface area contributed by atoms with Gasteiger partial charge in [0.25, 0.3) is 0 Å². The van der Waals surface area contributed by atoms with Crippen LogP contribution in [0.15, 0.2) is 42.6 Å². The van der Waals surface area contributed by atoms with Crippen LogP contribution >= 0.6 is 0 Å². The minimum absolute atomic E-state index is 0.809. The third-order valence-corrected chi connectivity index (χ3v) is 3.60. The van der Waals surface area contributed by atoms with Gasteiger partial charge in [0, 0.05) is 32.4 Å². The maximum absolute atomic E-state index is 4.72. The SMILES string of the molecule is CCN(Cc1ccccc1)c1ccnc(N(CC)CC)n1. The van der Waals surface area contributed by atoms with Gasteiger partial charge in [0.2, 0.25) is 5.95 Å². The molecule has 0 aliphatic heterocycles. The van der Waals surface area contributed by atoms with E-state index in [9.17, 15) is 0 Å². The molecule has 0 saturated heterocycles. The van der Waals surface area contributed by atoms with Gasteiger partial charge in [-0.2, -0.15) is 4.98 Å². The zero-order valence-electron chi connectivity index (χ0n) is 13.2. The summed E-state index contributed by atoms with van der Waals surface area (Å²) in [6.45, 7) is 10.0. The molecule has 1 aromatic heterocycles. The first-order valence-electron chi connectivity index (χ1n) is 7.65. The smallest absolute Gasteiger partial charge is 0.227 e. The summed E-state index contributed by atoms with van der Waals surface area (Å²) in [5.41, 5.74) is 1.29. The van der Waals surface area contributed by atoms with Gasteiger partial charge in [0.1, 0.15) is 5.82 Å². The Morgan fingerprint density at radius 1 is 0.857 bits per heavy atom. The number of anilines is 2. The molecule has 21 heavy (non-hydrogen) atoms. The van der Waals surface area contributed by atoms with E-state index >= 15 is 0 Å². The second-order valence-corrected chi connectivity index (χ2v) is 4.89. The standard InChI is InChI=1S/C17H24N4/c1-4-20(5-2)17-18-13-12-16(19-17)21(6-3)14-15-10-8-7-9-11-15/h7-13H,4-6,14H2,1-3H3. The molecule has 0 N–H and O–H groups in total. The summed E-state index contributed by atoms with van der Waals surface area (Å²) >= 11 is 0. The van der Waals surface area contributed by atoms with Crippen molar-refractivity contribution in [2.75, 3.05) is 29.4 Å². The summed E-state index contributed by atoms with van der Waals surface area (Å²) in [6.07, 6.45) is 1.85. The predicted molar refractivity (Wildman–Crippen MR) is 88.8 cm³/mol. The number of benzene rings is 1. The van der Waals surface area contributed by atoms with Crippen LogP contribution in [0.3, 0.4) is 0 Å². The van der Waals surface area contributed by atoms with E-state index in [0.717, 1.165) is 37.9 Å². The van der Waals surface area contributed by atoms with E-state index in [1.54, 1.807) is 0 Å². The molecular formula is C17H24N4. The average molecular weight is 284 g/mol. The average Bonchev–Trinajstić information content (AvgIpc) is 2.55. The Morgan fingerprint density at radius 2 is 1.52 bits per heavy atom. The quantitative estimate of drug-likeness (QED) is 0.780. The van der Waals surface area contributed by atoms with Gasteiger partial charge in [-0.15, -0.1) is 0 Å². The molecule has 4 heteroatoms. The van der Waals surface area contributed by atoms with Crippen LogP contribution in [-0.2, 0) is 6.54 Å². The number of hydrogen-bond donors (Lipinski definition) is 0. The fraction of sp³-hybridized carbons (Fsp3) is 0.412. The molecule has 112 valence electrons. The van der Waals surface area contributed by atoms with Gasteiger partial charge in [-0.05, 0) is 32.4 Å². The topological polar surface area (TPSA) is 32.3 Å². The van der Waals surface area contributed by atoms with Crippen LogP contribution < -0.4 is 9.80 Å². The summed E-state index contributed by atoms with van der Waals surface area (Å²) in [5.74, 6) is 1.79. The van der Waals surface area contributed by atoms with Crippen LogP contribution in [0.1, 0.15) is 26.3 Å². The van der Waals surface area contributed by atoms with Crippen LogP contribution in [0, 0.1) is 0 Å². The Bertz CT molecular complexity index is 537. The summed E-state index contributed by atoms with van der Waals surface area (Å²) in [4.78, 5) is 13.6. The lowest BCUT2D eigenvalue weighted by molar-refractivity contribution is 0.785. The maximum Gasteiger partial charge on any atom is 0.227 e. The lowest BCUT2D eigenvalue weighted by Gasteiger charge is -2.24. The normalized spacial score (nSPS) is 10.4. The molecule has 0 aliphatic rings. The molecule has 0 unspecified atom stereocenters. The molecule has 0 atom stereocenters. The highest BCUT2D eigenvalue weighted by Gasteiger charge is 2.10. The maximum atomic E-state index is 4.72. The van der Waals surface area contributed by atoms with Gasteiger partial charge in [-0.1, -0.05) is 30.3 Å². The van der Waals surface area contributed by atoms with Crippen molar-refractivity contribution in [1.82, 2.24) is 9.97 Å². The molecule has 2 aromatic rings.